The van der Waals surface area contributed by atoms with Crippen molar-refractivity contribution in [2.75, 3.05) is 0 Å². The lowest BCUT2D eigenvalue weighted by atomic mass is 10.0. The molecule has 0 amide bonds. The number of thiol groups is 1. The molecule has 1 aromatic carbocycles. The van der Waals surface area contributed by atoms with Crippen molar-refractivity contribution in [1.29, 1.82) is 0 Å². The van der Waals surface area contributed by atoms with Gasteiger partial charge in [-0.15, -0.1) is 30.5 Å². The molecule has 2 aromatic rings. The van der Waals surface area contributed by atoms with E-state index in [9.17, 15) is 0 Å². The Hall–Kier alpha value is -0.730. The van der Waals surface area contributed by atoms with E-state index < -0.39 is 0 Å². The number of fused-ring (bicyclic) bond motifs is 1. The maximum atomic E-state index is 4.52. The lowest BCUT2D eigenvalue weighted by Gasteiger charge is -2.05. The molecule has 0 aliphatic carbocycles. The van der Waals surface area contributed by atoms with Gasteiger partial charge in [0.25, 0.3) is 0 Å². The summed E-state index contributed by atoms with van der Waals surface area (Å²) in [7, 11) is 0. The molecule has 1 heterocycles. The third-order valence-electron chi connectivity index (χ3n) is 2.42. The highest BCUT2D eigenvalue weighted by molar-refractivity contribution is 7.83. The van der Waals surface area contributed by atoms with E-state index in [0.29, 0.717) is 5.92 Å². The Morgan fingerprint density at radius 2 is 2.14 bits per heavy atom. The Morgan fingerprint density at radius 1 is 1.43 bits per heavy atom. The molecule has 1 atom stereocenters. The molecule has 2 heteroatoms. The van der Waals surface area contributed by atoms with Gasteiger partial charge in [-0.1, -0.05) is 31.2 Å². The molecule has 0 fully saturated rings. The Bertz CT molecular complexity index is 468. The number of hydrogen-bond donors (Lipinski definition) is 1. The smallest absolute Gasteiger partial charge is 0.0618 e. The maximum absolute atomic E-state index is 4.52. The van der Waals surface area contributed by atoms with Gasteiger partial charge in [0.1, 0.15) is 0 Å². The number of allylic oxidation sites excluding steroid dienone is 1. The van der Waals surface area contributed by atoms with Gasteiger partial charge >= 0.3 is 0 Å². The minimum atomic E-state index is 0.374. The highest BCUT2D eigenvalue weighted by atomic mass is 32.2. The van der Waals surface area contributed by atoms with Gasteiger partial charge in [0.15, 0.2) is 0 Å². The first-order chi connectivity index (χ1) is 6.74. The minimum absolute atomic E-state index is 0.374. The van der Waals surface area contributed by atoms with Crippen LogP contribution in [0.15, 0.2) is 41.1 Å². The van der Waals surface area contributed by atoms with Crippen molar-refractivity contribution in [2.45, 2.75) is 17.1 Å². The SMILES string of the molecule is C=CC(C)c1c(S)sc2ccccc12. The van der Waals surface area contributed by atoms with Crippen LogP contribution in [-0.4, -0.2) is 0 Å². The summed E-state index contributed by atoms with van der Waals surface area (Å²) in [6.45, 7) is 5.99. The van der Waals surface area contributed by atoms with Crippen molar-refractivity contribution in [3.8, 4) is 0 Å². The van der Waals surface area contributed by atoms with Crippen LogP contribution in [0.2, 0.25) is 0 Å². The minimum Gasteiger partial charge on any atom is -0.132 e. The van der Waals surface area contributed by atoms with E-state index in [2.05, 4.69) is 50.4 Å². The molecular weight excluding hydrogens is 208 g/mol. The fraction of sp³-hybridized carbons (Fsp3) is 0.167. The molecule has 0 aliphatic rings. The van der Waals surface area contributed by atoms with Gasteiger partial charge in [0.05, 0.1) is 4.21 Å². The molecule has 0 bridgehead atoms. The summed E-state index contributed by atoms with van der Waals surface area (Å²) in [6, 6.07) is 8.43. The Labute approximate surface area is 93.7 Å². The van der Waals surface area contributed by atoms with Gasteiger partial charge in [-0.2, -0.15) is 0 Å². The highest BCUT2D eigenvalue weighted by Gasteiger charge is 2.12. The summed E-state index contributed by atoms with van der Waals surface area (Å²) in [5.74, 6) is 0.374. The summed E-state index contributed by atoms with van der Waals surface area (Å²) in [6.07, 6.45) is 1.97. The van der Waals surface area contributed by atoms with Crippen molar-refractivity contribution in [3.05, 3.63) is 42.5 Å². The van der Waals surface area contributed by atoms with Crippen molar-refractivity contribution in [1.82, 2.24) is 0 Å². The molecule has 2 rings (SSSR count). The van der Waals surface area contributed by atoms with Crippen LogP contribution in [0.25, 0.3) is 10.1 Å². The Balaban J connectivity index is 2.73. The molecular formula is C12H12S2. The lowest BCUT2D eigenvalue weighted by molar-refractivity contribution is 0.967. The number of benzene rings is 1. The van der Waals surface area contributed by atoms with Crippen LogP contribution in [0.4, 0.5) is 0 Å². The summed E-state index contributed by atoms with van der Waals surface area (Å²) in [4.78, 5) is 0. The van der Waals surface area contributed by atoms with E-state index in [-0.39, 0.29) is 0 Å². The molecule has 14 heavy (non-hydrogen) atoms. The third kappa shape index (κ3) is 1.49. The van der Waals surface area contributed by atoms with Crippen LogP contribution >= 0.6 is 24.0 Å². The average Bonchev–Trinajstić information content (AvgIpc) is 2.53. The van der Waals surface area contributed by atoms with Gasteiger partial charge in [0, 0.05) is 10.6 Å². The van der Waals surface area contributed by atoms with E-state index >= 15 is 0 Å². The van der Waals surface area contributed by atoms with Crippen LogP contribution in [0.3, 0.4) is 0 Å². The molecule has 0 N–H and O–H groups in total. The van der Waals surface area contributed by atoms with Gasteiger partial charge in [-0.05, 0) is 17.0 Å². The molecule has 0 spiro atoms. The normalized spacial score (nSPS) is 13.0. The van der Waals surface area contributed by atoms with Crippen LogP contribution in [-0.2, 0) is 0 Å². The standard InChI is InChI=1S/C12H12S2/c1-3-8(2)11-9-6-4-5-7-10(9)14-12(11)13/h3-8,13H,1H2,2H3. The van der Waals surface area contributed by atoms with E-state index in [1.54, 1.807) is 11.3 Å². The van der Waals surface area contributed by atoms with Gasteiger partial charge < -0.3 is 0 Å². The van der Waals surface area contributed by atoms with Crippen LogP contribution in [0.5, 0.6) is 0 Å². The van der Waals surface area contributed by atoms with Crippen molar-refractivity contribution < 1.29 is 0 Å². The molecule has 72 valence electrons. The molecule has 0 aliphatic heterocycles. The van der Waals surface area contributed by atoms with E-state index in [0.717, 1.165) is 4.21 Å². The maximum Gasteiger partial charge on any atom is 0.0618 e. The second-order valence-electron chi connectivity index (χ2n) is 3.34. The Morgan fingerprint density at radius 3 is 2.86 bits per heavy atom. The predicted molar refractivity (Wildman–Crippen MR) is 67.7 cm³/mol. The van der Waals surface area contributed by atoms with Gasteiger partial charge in [0.2, 0.25) is 0 Å². The number of rotatable bonds is 2. The monoisotopic (exact) mass is 220 g/mol. The fourth-order valence-corrected chi connectivity index (χ4v) is 3.28. The largest absolute Gasteiger partial charge is 0.132 e. The predicted octanol–water partition coefficient (Wildman–Crippen LogP) is 4.48. The second kappa shape index (κ2) is 3.79. The zero-order valence-electron chi connectivity index (χ0n) is 8.03. The average molecular weight is 220 g/mol. The number of hydrogen-bond acceptors (Lipinski definition) is 2. The number of thiophene rings is 1. The van der Waals surface area contributed by atoms with E-state index in [4.69, 9.17) is 0 Å². The van der Waals surface area contributed by atoms with Crippen molar-refractivity contribution >= 4 is 34.1 Å². The zero-order valence-corrected chi connectivity index (χ0v) is 9.74. The topological polar surface area (TPSA) is 0 Å². The molecule has 0 nitrogen and oxygen atoms in total. The van der Waals surface area contributed by atoms with E-state index in [1.165, 1.54) is 15.6 Å². The molecule has 1 aromatic heterocycles. The molecule has 0 radical (unpaired) electrons. The van der Waals surface area contributed by atoms with Crippen molar-refractivity contribution in [2.24, 2.45) is 0 Å². The van der Waals surface area contributed by atoms with Crippen LogP contribution in [0.1, 0.15) is 18.4 Å². The lowest BCUT2D eigenvalue weighted by Crippen LogP contribution is -1.86. The highest BCUT2D eigenvalue weighted by Crippen LogP contribution is 2.38. The van der Waals surface area contributed by atoms with Gasteiger partial charge in [-0.25, -0.2) is 0 Å². The van der Waals surface area contributed by atoms with Crippen LogP contribution < -0.4 is 0 Å². The summed E-state index contributed by atoms with van der Waals surface area (Å²) in [5, 5.41) is 1.31. The van der Waals surface area contributed by atoms with Gasteiger partial charge in [-0.3, -0.25) is 0 Å². The molecule has 1 unspecified atom stereocenters. The summed E-state index contributed by atoms with van der Waals surface area (Å²) in [5.41, 5.74) is 1.31. The van der Waals surface area contributed by atoms with Crippen LogP contribution in [0, 0.1) is 0 Å². The zero-order chi connectivity index (χ0) is 10.1. The summed E-state index contributed by atoms with van der Waals surface area (Å²) >= 11 is 6.26. The first-order valence-corrected chi connectivity index (χ1v) is 5.83. The van der Waals surface area contributed by atoms with Crippen molar-refractivity contribution in [3.63, 3.8) is 0 Å². The third-order valence-corrected chi connectivity index (χ3v) is 3.93. The Kier molecular flexibility index (Phi) is 2.66. The quantitative estimate of drug-likeness (QED) is 0.560. The first-order valence-electron chi connectivity index (χ1n) is 4.57. The first kappa shape index (κ1) is 9.81. The van der Waals surface area contributed by atoms with E-state index in [1.807, 2.05) is 6.08 Å². The molecule has 0 saturated carbocycles. The molecule has 0 saturated heterocycles. The fourth-order valence-electron chi connectivity index (χ4n) is 1.61. The summed E-state index contributed by atoms with van der Waals surface area (Å²) < 4.78 is 2.42. The second-order valence-corrected chi connectivity index (χ2v) is 5.14.